The summed E-state index contributed by atoms with van der Waals surface area (Å²) < 4.78 is 15.9. The minimum atomic E-state index is -0.513. The molecule has 2 N–H and O–H groups in total. The van der Waals surface area contributed by atoms with Crippen LogP contribution in [0, 0.1) is 5.82 Å². The van der Waals surface area contributed by atoms with Crippen LogP contribution in [0.2, 0.25) is 0 Å². The number of nitrogens with one attached hydrogen (secondary N) is 2. The average molecular weight is 476 g/mol. The third kappa shape index (κ3) is 3.98. The number of aromatic nitrogens is 4. The Morgan fingerprint density at radius 3 is 2.82 bits per heavy atom. The zero-order valence-electron chi connectivity index (χ0n) is 17.9. The topological polar surface area (TPSA) is 114 Å². The predicted molar refractivity (Wildman–Crippen MR) is 120 cm³/mol. The van der Waals surface area contributed by atoms with Gasteiger partial charge in [0.1, 0.15) is 29.5 Å². The molecule has 0 aromatic carbocycles. The Kier molecular flexibility index (Phi) is 6.17. The van der Waals surface area contributed by atoms with E-state index >= 15 is 0 Å². The molecule has 2 aliphatic heterocycles. The Morgan fingerprint density at radius 2 is 2.15 bits per heavy atom. The van der Waals surface area contributed by atoms with Crippen LogP contribution < -0.4 is 16.2 Å². The van der Waals surface area contributed by atoms with Crippen LogP contribution in [0.3, 0.4) is 0 Å². The largest absolute Gasteiger partial charge is 0.328 e. The van der Waals surface area contributed by atoms with E-state index < -0.39 is 11.7 Å². The first kappa shape index (κ1) is 22.9. The first-order valence-electron chi connectivity index (χ1n) is 10.5. The van der Waals surface area contributed by atoms with E-state index in [0.29, 0.717) is 29.9 Å². The van der Waals surface area contributed by atoms with Crippen molar-refractivity contribution in [2.24, 2.45) is 0 Å². The van der Waals surface area contributed by atoms with E-state index in [2.05, 4.69) is 20.7 Å². The fourth-order valence-electron chi connectivity index (χ4n) is 4.34. The van der Waals surface area contributed by atoms with Crippen molar-refractivity contribution < 1.29 is 14.0 Å². The summed E-state index contributed by atoms with van der Waals surface area (Å²) in [5.41, 5.74) is 1.29. The van der Waals surface area contributed by atoms with E-state index in [1.165, 1.54) is 16.6 Å². The summed E-state index contributed by atoms with van der Waals surface area (Å²) in [6.45, 7) is 3.37. The molecule has 0 bridgehead atoms. The van der Waals surface area contributed by atoms with Gasteiger partial charge in [-0.2, -0.15) is 9.61 Å². The molecule has 2 amide bonds. The maximum absolute atomic E-state index is 13.4. The van der Waals surface area contributed by atoms with Gasteiger partial charge in [0.05, 0.1) is 24.0 Å². The Labute approximate surface area is 194 Å². The number of carbonyl (C=O) groups excluding carboxylic acids is 2. The van der Waals surface area contributed by atoms with Crippen LogP contribution >= 0.6 is 12.4 Å². The lowest BCUT2D eigenvalue weighted by atomic mass is 10.2. The summed E-state index contributed by atoms with van der Waals surface area (Å²) in [7, 11) is 0. The zero-order chi connectivity index (χ0) is 22.4. The van der Waals surface area contributed by atoms with Crippen LogP contribution in [-0.2, 0) is 24.3 Å². The molecule has 5 heterocycles. The van der Waals surface area contributed by atoms with Gasteiger partial charge >= 0.3 is 0 Å². The molecule has 5 rings (SSSR count). The SMILES string of the molecule is CCc1cc2n(CC(=O)Nc3ccc(F)cn3)c3c(c(=O)n2n1)CN([C@@H]1CCNC1)C3=O.Cl. The van der Waals surface area contributed by atoms with Gasteiger partial charge < -0.3 is 20.1 Å². The number of fused-ring (bicyclic) bond motifs is 2. The number of nitrogens with zero attached hydrogens (tertiary/aromatic N) is 5. The molecule has 10 nitrogen and oxygen atoms in total. The van der Waals surface area contributed by atoms with Gasteiger partial charge in [-0.05, 0) is 31.5 Å². The maximum Gasteiger partial charge on any atom is 0.280 e. The molecular weight excluding hydrogens is 453 g/mol. The van der Waals surface area contributed by atoms with Gasteiger partial charge in [-0.25, -0.2) is 9.37 Å². The number of rotatable bonds is 5. The second-order valence-electron chi connectivity index (χ2n) is 7.97. The lowest BCUT2D eigenvalue weighted by molar-refractivity contribution is -0.116. The number of carbonyl (C=O) groups is 2. The molecule has 1 fully saturated rings. The van der Waals surface area contributed by atoms with Gasteiger partial charge in [-0.3, -0.25) is 14.4 Å². The summed E-state index contributed by atoms with van der Waals surface area (Å²) in [6.07, 6.45) is 2.42. The van der Waals surface area contributed by atoms with Crippen LogP contribution in [0.4, 0.5) is 10.2 Å². The second kappa shape index (κ2) is 8.91. The fraction of sp³-hybridized carbons (Fsp3) is 0.381. The van der Waals surface area contributed by atoms with Crippen molar-refractivity contribution in [2.45, 2.75) is 38.9 Å². The summed E-state index contributed by atoms with van der Waals surface area (Å²) in [6, 6.07) is 4.27. The molecule has 3 aromatic rings. The number of hydrogen-bond donors (Lipinski definition) is 2. The first-order chi connectivity index (χ1) is 15.5. The van der Waals surface area contributed by atoms with Crippen LogP contribution in [0.5, 0.6) is 0 Å². The molecule has 1 saturated heterocycles. The van der Waals surface area contributed by atoms with Crippen molar-refractivity contribution in [1.29, 1.82) is 0 Å². The van der Waals surface area contributed by atoms with E-state index in [1.54, 1.807) is 15.5 Å². The van der Waals surface area contributed by atoms with Gasteiger partial charge in [0.25, 0.3) is 11.5 Å². The first-order valence-corrected chi connectivity index (χ1v) is 10.5. The number of pyridine rings is 1. The molecule has 0 unspecified atom stereocenters. The number of aryl methyl sites for hydroxylation is 1. The van der Waals surface area contributed by atoms with Crippen LogP contribution in [0.15, 0.2) is 29.2 Å². The van der Waals surface area contributed by atoms with Gasteiger partial charge in [0, 0.05) is 18.7 Å². The summed E-state index contributed by atoms with van der Waals surface area (Å²) >= 11 is 0. The maximum atomic E-state index is 13.4. The quantitative estimate of drug-likeness (QED) is 0.568. The van der Waals surface area contributed by atoms with Crippen molar-refractivity contribution in [3.05, 3.63) is 57.5 Å². The summed E-state index contributed by atoms with van der Waals surface area (Å²) in [5.74, 6) is -1.04. The molecule has 2 aliphatic rings. The van der Waals surface area contributed by atoms with E-state index in [-0.39, 0.29) is 54.5 Å². The monoisotopic (exact) mass is 475 g/mol. The molecule has 0 radical (unpaired) electrons. The zero-order valence-corrected chi connectivity index (χ0v) is 18.7. The van der Waals surface area contributed by atoms with Crippen LogP contribution in [0.1, 0.15) is 35.1 Å². The van der Waals surface area contributed by atoms with E-state index in [1.807, 2.05) is 6.92 Å². The molecular formula is C21H23ClFN7O3. The fourth-order valence-corrected chi connectivity index (χ4v) is 4.34. The van der Waals surface area contributed by atoms with Crippen molar-refractivity contribution in [1.82, 2.24) is 29.4 Å². The van der Waals surface area contributed by atoms with E-state index in [9.17, 15) is 18.8 Å². The normalized spacial score (nSPS) is 17.3. The third-order valence-electron chi connectivity index (χ3n) is 5.95. The number of hydrogen-bond acceptors (Lipinski definition) is 6. The van der Waals surface area contributed by atoms with Crippen LogP contribution in [0.25, 0.3) is 5.65 Å². The molecule has 1 atom stereocenters. The molecule has 3 aromatic heterocycles. The number of amides is 2. The lowest BCUT2D eigenvalue weighted by Gasteiger charge is -2.22. The second-order valence-corrected chi connectivity index (χ2v) is 7.97. The molecule has 0 spiro atoms. The van der Waals surface area contributed by atoms with Gasteiger partial charge in [0.2, 0.25) is 5.91 Å². The Balaban J connectivity index is 0.00000259. The van der Waals surface area contributed by atoms with Crippen molar-refractivity contribution in [2.75, 3.05) is 18.4 Å². The Hall–Kier alpha value is -3.31. The minimum absolute atomic E-state index is 0. The molecule has 12 heteroatoms. The minimum Gasteiger partial charge on any atom is -0.328 e. The smallest absolute Gasteiger partial charge is 0.280 e. The standard InChI is InChI=1S/C21H22FN7O3.ClH/c1-2-13-7-18-28(11-17(30)25-16-4-3-12(22)8-24-16)19-15(20(31)29(18)26-13)10-27(21(19)32)14-5-6-23-9-14;/h3-4,7-8,14,23H,2,5-6,9-11H2,1H3,(H,24,25,30);1H/t14-;/m1./s1. The molecule has 174 valence electrons. The third-order valence-corrected chi connectivity index (χ3v) is 5.95. The summed E-state index contributed by atoms with van der Waals surface area (Å²) in [5, 5.41) is 10.2. The van der Waals surface area contributed by atoms with Crippen molar-refractivity contribution in [3.63, 3.8) is 0 Å². The number of anilines is 1. The Bertz CT molecular complexity index is 1280. The van der Waals surface area contributed by atoms with Gasteiger partial charge in [0.15, 0.2) is 0 Å². The van der Waals surface area contributed by atoms with Crippen molar-refractivity contribution >= 4 is 35.7 Å². The highest BCUT2D eigenvalue weighted by Crippen LogP contribution is 2.26. The highest BCUT2D eigenvalue weighted by Gasteiger charge is 2.39. The highest BCUT2D eigenvalue weighted by molar-refractivity contribution is 5.98. The van der Waals surface area contributed by atoms with Gasteiger partial charge in [-0.15, -0.1) is 12.4 Å². The van der Waals surface area contributed by atoms with Gasteiger partial charge in [-0.1, -0.05) is 6.92 Å². The predicted octanol–water partition coefficient (Wildman–Crippen LogP) is 0.971. The van der Waals surface area contributed by atoms with E-state index in [4.69, 9.17) is 0 Å². The van der Waals surface area contributed by atoms with E-state index in [0.717, 1.165) is 19.2 Å². The number of halogens is 2. The lowest BCUT2D eigenvalue weighted by Crippen LogP contribution is -2.37. The van der Waals surface area contributed by atoms with Crippen molar-refractivity contribution in [3.8, 4) is 0 Å². The molecule has 0 aliphatic carbocycles. The highest BCUT2D eigenvalue weighted by atomic mass is 35.5. The molecule has 33 heavy (non-hydrogen) atoms. The Morgan fingerprint density at radius 1 is 1.33 bits per heavy atom. The molecule has 0 saturated carbocycles. The average Bonchev–Trinajstić information content (AvgIpc) is 3.51. The van der Waals surface area contributed by atoms with Crippen LogP contribution in [-0.4, -0.2) is 55.0 Å². The summed E-state index contributed by atoms with van der Waals surface area (Å²) in [4.78, 5) is 44.9.